The van der Waals surface area contributed by atoms with Crippen LogP contribution in [0, 0.1) is 0 Å². The molecular formula is C13H11N5O. The fourth-order valence-corrected chi connectivity index (χ4v) is 2.49. The van der Waals surface area contributed by atoms with E-state index in [-0.39, 0.29) is 0 Å². The van der Waals surface area contributed by atoms with Crippen LogP contribution in [-0.4, -0.2) is 29.9 Å². The summed E-state index contributed by atoms with van der Waals surface area (Å²) in [7, 11) is 0. The first-order valence-corrected chi connectivity index (χ1v) is 6.19. The quantitative estimate of drug-likeness (QED) is 0.704. The minimum atomic E-state index is -0.727. The van der Waals surface area contributed by atoms with Crippen molar-refractivity contribution in [3.8, 4) is 11.3 Å². The van der Waals surface area contributed by atoms with E-state index in [2.05, 4.69) is 20.3 Å². The topological polar surface area (TPSA) is 76.2 Å². The molecule has 19 heavy (non-hydrogen) atoms. The number of aliphatic hydroxyl groups excluding tert-OH is 1. The summed E-state index contributed by atoms with van der Waals surface area (Å²) in [5.41, 5.74) is 3.03. The predicted molar refractivity (Wildman–Crippen MR) is 67.5 cm³/mol. The Kier molecular flexibility index (Phi) is 1.99. The molecule has 6 heteroatoms. The van der Waals surface area contributed by atoms with Crippen LogP contribution < -0.4 is 0 Å². The molecule has 1 aromatic carbocycles. The summed E-state index contributed by atoms with van der Waals surface area (Å²) < 4.78 is 1.61. The Bertz CT molecular complexity index is 795. The monoisotopic (exact) mass is 253 g/mol. The Hall–Kier alpha value is -2.34. The summed E-state index contributed by atoms with van der Waals surface area (Å²) >= 11 is 0. The standard InChI is InChI=1S/C13H11N5O/c1-2-9-15-16-13-14-10-7-5-3-4-6-8(7)12(19)11(10)17-18(9)13/h3-6,12,19H,2H2,1H3. The average molecular weight is 253 g/mol. The average Bonchev–Trinajstić information content (AvgIpc) is 2.98. The molecule has 1 N–H and O–H groups in total. The van der Waals surface area contributed by atoms with Crippen molar-refractivity contribution >= 4 is 5.78 Å². The second-order valence-corrected chi connectivity index (χ2v) is 4.52. The zero-order chi connectivity index (χ0) is 13.0. The maximum absolute atomic E-state index is 10.3. The zero-order valence-corrected chi connectivity index (χ0v) is 10.3. The van der Waals surface area contributed by atoms with Gasteiger partial charge in [-0.2, -0.15) is 9.61 Å². The summed E-state index contributed by atoms with van der Waals surface area (Å²) in [5, 5.41) is 22.9. The normalized spacial score (nSPS) is 16.6. The number of benzene rings is 1. The van der Waals surface area contributed by atoms with Crippen LogP contribution in [0.15, 0.2) is 24.3 Å². The van der Waals surface area contributed by atoms with Gasteiger partial charge in [0.25, 0.3) is 5.78 Å². The molecule has 0 amide bonds. The zero-order valence-electron chi connectivity index (χ0n) is 10.3. The third-order valence-electron chi connectivity index (χ3n) is 3.44. The van der Waals surface area contributed by atoms with Gasteiger partial charge in [0.1, 0.15) is 17.5 Å². The van der Waals surface area contributed by atoms with Gasteiger partial charge >= 0.3 is 0 Å². The lowest BCUT2D eigenvalue weighted by atomic mass is 10.1. The molecule has 0 fully saturated rings. The lowest BCUT2D eigenvalue weighted by Crippen LogP contribution is -2.06. The Morgan fingerprint density at radius 2 is 2.11 bits per heavy atom. The Balaban J connectivity index is 2.06. The number of hydrogen-bond donors (Lipinski definition) is 1. The van der Waals surface area contributed by atoms with Gasteiger partial charge in [-0.3, -0.25) is 0 Å². The van der Waals surface area contributed by atoms with Gasteiger partial charge in [0.2, 0.25) is 0 Å². The van der Waals surface area contributed by atoms with Gasteiger partial charge in [0, 0.05) is 12.0 Å². The Labute approximate surface area is 108 Å². The van der Waals surface area contributed by atoms with Crippen LogP contribution in [0.25, 0.3) is 17.0 Å². The Morgan fingerprint density at radius 3 is 2.95 bits per heavy atom. The molecule has 1 atom stereocenters. The van der Waals surface area contributed by atoms with Gasteiger partial charge in [-0.15, -0.1) is 10.2 Å². The fourth-order valence-electron chi connectivity index (χ4n) is 2.49. The first-order chi connectivity index (χ1) is 9.29. The Morgan fingerprint density at radius 1 is 1.26 bits per heavy atom. The van der Waals surface area contributed by atoms with E-state index in [0.29, 0.717) is 17.2 Å². The molecule has 1 aliphatic rings. The van der Waals surface area contributed by atoms with Crippen molar-refractivity contribution in [3.05, 3.63) is 41.3 Å². The first-order valence-electron chi connectivity index (χ1n) is 6.19. The molecule has 3 aromatic rings. The number of aromatic nitrogens is 5. The molecule has 0 spiro atoms. The van der Waals surface area contributed by atoms with E-state index in [0.717, 1.165) is 23.4 Å². The molecule has 2 heterocycles. The van der Waals surface area contributed by atoms with Crippen molar-refractivity contribution < 1.29 is 5.11 Å². The summed E-state index contributed by atoms with van der Waals surface area (Å²) in [6.45, 7) is 1.98. The number of rotatable bonds is 1. The molecule has 4 rings (SSSR count). The second kappa shape index (κ2) is 3.58. The van der Waals surface area contributed by atoms with Gasteiger partial charge in [-0.1, -0.05) is 31.2 Å². The highest BCUT2D eigenvalue weighted by molar-refractivity contribution is 5.74. The SMILES string of the molecule is CCc1nnc2nc3c(nn12)C(O)c1ccccc1-3. The molecule has 0 saturated heterocycles. The number of aryl methyl sites for hydroxylation is 1. The molecule has 6 nitrogen and oxygen atoms in total. The van der Waals surface area contributed by atoms with E-state index in [4.69, 9.17) is 0 Å². The van der Waals surface area contributed by atoms with Gasteiger partial charge < -0.3 is 5.11 Å². The number of hydrogen-bond acceptors (Lipinski definition) is 5. The van der Waals surface area contributed by atoms with Crippen LogP contribution in [0.1, 0.15) is 30.1 Å². The third kappa shape index (κ3) is 1.29. The minimum absolute atomic E-state index is 0.472. The summed E-state index contributed by atoms with van der Waals surface area (Å²) in [4.78, 5) is 4.48. The third-order valence-corrected chi connectivity index (χ3v) is 3.44. The van der Waals surface area contributed by atoms with Crippen LogP contribution in [0.2, 0.25) is 0 Å². The van der Waals surface area contributed by atoms with E-state index in [1.165, 1.54) is 0 Å². The van der Waals surface area contributed by atoms with Gasteiger partial charge in [0.15, 0.2) is 5.82 Å². The van der Waals surface area contributed by atoms with E-state index >= 15 is 0 Å². The fraction of sp³-hybridized carbons (Fsp3) is 0.231. The molecule has 0 aliphatic heterocycles. The summed E-state index contributed by atoms with van der Waals surface area (Å²) in [6, 6.07) is 7.66. The number of nitrogens with zero attached hydrogens (tertiary/aromatic N) is 5. The summed E-state index contributed by atoms with van der Waals surface area (Å²) in [6.07, 6.45) is -0.00674. The molecule has 0 saturated carbocycles. The highest BCUT2D eigenvalue weighted by Crippen LogP contribution is 2.40. The molecular weight excluding hydrogens is 242 g/mol. The van der Waals surface area contributed by atoms with Crippen LogP contribution in [0.4, 0.5) is 0 Å². The van der Waals surface area contributed by atoms with Crippen molar-refractivity contribution in [3.63, 3.8) is 0 Å². The highest BCUT2D eigenvalue weighted by Gasteiger charge is 2.31. The van der Waals surface area contributed by atoms with Gasteiger partial charge in [-0.25, -0.2) is 4.98 Å². The van der Waals surface area contributed by atoms with Gasteiger partial charge in [0.05, 0.1) is 0 Å². The van der Waals surface area contributed by atoms with Crippen LogP contribution in [-0.2, 0) is 6.42 Å². The maximum atomic E-state index is 10.3. The van der Waals surface area contributed by atoms with Crippen molar-refractivity contribution in [2.45, 2.75) is 19.4 Å². The van der Waals surface area contributed by atoms with Crippen LogP contribution in [0.5, 0.6) is 0 Å². The maximum Gasteiger partial charge on any atom is 0.272 e. The summed E-state index contributed by atoms with van der Waals surface area (Å²) in [5.74, 6) is 1.22. The van der Waals surface area contributed by atoms with Crippen LogP contribution >= 0.6 is 0 Å². The lowest BCUT2D eigenvalue weighted by molar-refractivity contribution is 0.218. The first kappa shape index (κ1) is 10.6. The highest BCUT2D eigenvalue weighted by atomic mass is 16.3. The minimum Gasteiger partial charge on any atom is -0.382 e. The van der Waals surface area contributed by atoms with Crippen LogP contribution in [0.3, 0.4) is 0 Å². The van der Waals surface area contributed by atoms with E-state index < -0.39 is 6.10 Å². The van der Waals surface area contributed by atoms with Crippen molar-refractivity contribution in [1.29, 1.82) is 0 Å². The predicted octanol–water partition coefficient (Wildman–Crippen LogP) is 1.14. The number of fused-ring (bicyclic) bond motifs is 4. The number of aliphatic hydroxyl groups is 1. The molecule has 2 aromatic heterocycles. The largest absolute Gasteiger partial charge is 0.382 e. The molecule has 0 bridgehead atoms. The molecule has 1 unspecified atom stereocenters. The smallest absolute Gasteiger partial charge is 0.272 e. The lowest BCUT2D eigenvalue weighted by Gasteiger charge is -2.04. The molecule has 94 valence electrons. The van der Waals surface area contributed by atoms with Crippen molar-refractivity contribution in [1.82, 2.24) is 24.8 Å². The molecule has 0 radical (unpaired) electrons. The van der Waals surface area contributed by atoms with Crippen molar-refractivity contribution in [2.75, 3.05) is 0 Å². The van der Waals surface area contributed by atoms with Crippen molar-refractivity contribution in [2.24, 2.45) is 0 Å². The second-order valence-electron chi connectivity index (χ2n) is 4.52. The molecule has 1 aliphatic carbocycles. The van der Waals surface area contributed by atoms with E-state index in [1.54, 1.807) is 4.52 Å². The van der Waals surface area contributed by atoms with E-state index in [1.807, 2.05) is 31.2 Å². The van der Waals surface area contributed by atoms with E-state index in [9.17, 15) is 5.11 Å². The van der Waals surface area contributed by atoms with Gasteiger partial charge in [-0.05, 0) is 5.56 Å².